The molecular formula is C35H34ClN5S. The van der Waals surface area contributed by atoms with Gasteiger partial charge in [0.1, 0.15) is 6.04 Å². The second-order valence-electron chi connectivity index (χ2n) is 11.8. The van der Waals surface area contributed by atoms with Crippen LogP contribution < -0.4 is 15.1 Å². The van der Waals surface area contributed by atoms with Crippen LogP contribution in [0.5, 0.6) is 0 Å². The van der Waals surface area contributed by atoms with E-state index in [0.29, 0.717) is 16.9 Å². The van der Waals surface area contributed by atoms with Crippen molar-refractivity contribution < 1.29 is 0 Å². The molecule has 2 aromatic heterocycles. The second-order valence-corrected chi connectivity index (χ2v) is 12.6. The van der Waals surface area contributed by atoms with Gasteiger partial charge in [0.2, 0.25) is 0 Å². The number of nitrogens with one attached hydrogen (secondary N) is 1. The molecule has 2 aliphatic rings. The molecule has 42 heavy (non-hydrogen) atoms. The molecule has 2 aliphatic heterocycles. The molecule has 1 N–H and O–H groups in total. The van der Waals surface area contributed by atoms with Gasteiger partial charge < -0.3 is 19.7 Å². The van der Waals surface area contributed by atoms with E-state index in [9.17, 15) is 0 Å². The third-order valence-corrected chi connectivity index (χ3v) is 9.23. The standard InChI is InChI=1S/C35H34ClN5S/c1-23-18-24(2)22-39(21-23)31-15-14-28(20-29(31)36)41-34(33(38-35(41)42)30-10-5-6-16-37-30)32-11-7-17-40(32)27-13-12-25-8-3-4-9-26(25)19-27/h3-17,19-20,23-24,33-34H,18,21-22H2,1-2H3,(H,38,42)/t23-,24+,33-,34-/m0/s1. The summed E-state index contributed by atoms with van der Waals surface area (Å²) >= 11 is 13.1. The Morgan fingerprint density at radius 2 is 1.60 bits per heavy atom. The Morgan fingerprint density at radius 3 is 2.36 bits per heavy atom. The largest absolute Gasteiger partial charge is 0.370 e. The zero-order valence-corrected chi connectivity index (χ0v) is 25.4. The average molecular weight is 592 g/mol. The monoisotopic (exact) mass is 591 g/mol. The van der Waals surface area contributed by atoms with Gasteiger partial charge in [-0.05, 0) is 95.8 Å². The Kier molecular flexibility index (Phi) is 7.12. The van der Waals surface area contributed by atoms with Crippen LogP contribution in [0, 0.1) is 11.8 Å². The van der Waals surface area contributed by atoms with Crippen molar-refractivity contribution in [2.45, 2.75) is 32.4 Å². The van der Waals surface area contributed by atoms with Gasteiger partial charge in [0.15, 0.2) is 5.11 Å². The summed E-state index contributed by atoms with van der Waals surface area (Å²) in [6, 6.07) is 31.5. The molecule has 0 aliphatic carbocycles. The second kappa shape index (κ2) is 11.1. The number of nitrogens with zero attached hydrogens (tertiary/aromatic N) is 4. The number of piperidine rings is 1. The number of aromatic nitrogens is 2. The smallest absolute Gasteiger partial charge is 0.174 e. The van der Waals surface area contributed by atoms with E-state index in [1.54, 1.807) is 0 Å². The third-order valence-electron chi connectivity index (χ3n) is 8.61. The molecule has 0 unspecified atom stereocenters. The van der Waals surface area contributed by atoms with Crippen molar-refractivity contribution in [2.24, 2.45) is 11.8 Å². The minimum atomic E-state index is -0.147. The predicted molar refractivity (Wildman–Crippen MR) is 178 cm³/mol. The number of rotatable bonds is 5. The molecule has 7 heteroatoms. The van der Waals surface area contributed by atoms with Crippen molar-refractivity contribution in [1.82, 2.24) is 14.9 Å². The van der Waals surface area contributed by atoms with Gasteiger partial charge in [-0.25, -0.2) is 0 Å². The molecule has 2 fully saturated rings. The summed E-state index contributed by atoms with van der Waals surface area (Å²) in [5.41, 5.74) is 5.22. The molecule has 0 bridgehead atoms. The van der Waals surface area contributed by atoms with E-state index in [1.165, 1.54) is 17.2 Å². The van der Waals surface area contributed by atoms with E-state index in [-0.39, 0.29) is 12.1 Å². The first kappa shape index (κ1) is 27.0. The van der Waals surface area contributed by atoms with E-state index in [4.69, 9.17) is 28.8 Å². The summed E-state index contributed by atoms with van der Waals surface area (Å²) < 4.78 is 2.27. The van der Waals surface area contributed by atoms with Crippen LogP contribution >= 0.6 is 23.8 Å². The van der Waals surface area contributed by atoms with Gasteiger partial charge >= 0.3 is 0 Å². The number of benzene rings is 3. The van der Waals surface area contributed by atoms with Gasteiger partial charge in [-0.2, -0.15) is 0 Å². The minimum Gasteiger partial charge on any atom is -0.370 e. The highest BCUT2D eigenvalue weighted by Gasteiger charge is 2.42. The van der Waals surface area contributed by atoms with Crippen LogP contribution in [0.25, 0.3) is 16.5 Å². The number of thiocarbonyl (C=S) groups is 1. The van der Waals surface area contributed by atoms with Crippen molar-refractivity contribution in [1.29, 1.82) is 0 Å². The summed E-state index contributed by atoms with van der Waals surface area (Å²) in [7, 11) is 0. The lowest BCUT2D eigenvalue weighted by Crippen LogP contribution is -2.38. The molecule has 0 saturated carbocycles. The van der Waals surface area contributed by atoms with E-state index in [0.717, 1.165) is 46.6 Å². The van der Waals surface area contributed by atoms with Crippen LogP contribution in [0.15, 0.2) is 103 Å². The fourth-order valence-corrected chi connectivity index (χ4v) is 7.53. The number of anilines is 2. The summed E-state index contributed by atoms with van der Waals surface area (Å²) in [6.07, 6.45) is 5.23. The molecule has 212 valence electrons. The highest BCUT2D eigenvalue weighted by Crippen LogP contribution is 2.44. The Bertz CT molecular complexity index is 1740. The molecule has 0 amide bonds. The van der Waals surface area contributed by atoms with Crippen molar-refractivity contribution in [3.63, 3.8) is 0 Å². The van der Waals surface area contributed by atoms with Gasteiger partial charge in [-0.1, -0.05) is 61.8 Å². The normalized spacial score (nSPS) is 22.5. The van der Waals surface area contributed by atoms with Crippen molar-refractivity contribution in [3.05, 3.63) is 120 Å². The van der Waals surface area contributed by atoms with Crippen molar-refractivity contribution in [2.75, 3.05) is 22.9 Å². The summed E-state index contributed by atoms with van der Waals surface area (Å²) in [6.45, 7) is 6.70. The van der Waals surface area contributed by atoms with Gasteiger partial charge in [-0.3, -0.25) is 4.98 Å². The molecule has 3 aromatic carbocycles. The zero-order valence-electron chi connectivity index (χ0n) is 23.8. The van der Waals surface area contributed by atoms with Gasteiger partial charge in [0.25, 0.3) is 0 Å². The SMILES string of the molecule is C[C@@H]1C[C@H](C)CN(c2ccc(N3C(=S)N[C@@H](c4ccccn4)[C@@H]3c3cccn3-c3ccc4ccccc4c3)cc2Cl)C1. The van der Waals surface area contributed by atoms with Crippen molar-refractivity contribution >= 4 is 51.1 Å². The lowest BCUT2D eigenvalue weighted by molar-refractivity contribution is 0.357. The number of pyridine rings is 1. The Morgan fingerprint density at radius 1 is 0.833 bits per heavy atom. The molecule has 2 saturated heterocycles. The summed E-state index contributed by atoms with van der Waals surface area (Å²) in [4.78, 5) is 9.39. The summed E-state index contributed by atoms with van der Waals surface area (Å²) in [5, 5.41) is 7.44. The van der Waals surface area contributed by atoms with Gasteiger partial charge in [0.05, 0.1) is 22.4 Å². The van der Waals surface area contributed by atoms with Gasteiger partial charge in [0, 0.05) is 42.6 Å². The lowest BCUT2D eigenvalue weighted by Gasteiger charge is -2.37. The Balaban J connectivity index is 1.31. The first-order valence-electron chi connectivity index (χ1n) is 14.7. The third kappa shape index (κ3) is 4.93. The maximum absolute atomic E-state index is 7.04. The fraction of sp³-hybridized carbons (Fsp3) is 0.257. The van der Waals surface area contributed by atoms with Crippen LogP contribution in [0.1, 0.15) is 43.7 Å². The van der Waals surface area contributed by atoms with E-state index < -0.39 is 0 Å². The highest BCUT2D eigenvalue weighted by molar-refractivity contribution is 7.80. The number of hydrogen-bond acceptors (Lipinski definition) is 3. The predicted octanol–water partition coefficient (Wildman–Crippen LogP) is 8.34. The van der Waals surface area contributed by atoms with E-state index in [1.807, 2.05) is 18.3 Å². The van der Waals surface area contributed by atoms with Crippen molar-refractivity contribution in [3.8, 4) is 5.69 Å². The van der Waals surface area contributed by atoms with Crippen LogP contribution in [0.3, 0.4) is 0 Å². The average Bonchev–Trinajstić information content (AvgIpc) is 3.61. The molecule has 4 heterocycles. The molecule has 0 spiro atoms. The van der Waals surface area contributed by atoms with Crippen LogP contribution in [-0.4, -0.2) is 27.8 Å². The minimum absolute atomic E-state index is 0.143. The number of halogens is 1. The molecule has 5 nitrogen and oxygen atoms in total. The van der Waals surface area contributed by atoms with Crippen LogP contribution in [-0.2, 0) is 0 Å². The zero-order chi connectivity index (χ0) is 28.8. The topological polar surface area (TPSA) is 36.3 Å². The maximum atomic E-state index is 7.04. The van der Waals surface area contributed by atoms with Crippen LogP contribution in [0.4, 0.5) is 11.4 Å². The van der Waals surface area contributed by atoms with E-state index >= 15 is 0 Å². The molecule has 0 radical (unpaired) electrons. The first-order chi connectivity index (χ1) is 20.5. The highest BCUT2D eigenvalue weighted by atomic mass is 35.5. The maximum Gasteiger partial charge on any atom is 0.174 e. The van der Waals surface area contributed by atoms with E-state index in [2.05, 4.69) is 119 Å². The molecule has 7 rings (SSSR count). The number of hydrogen-bond donors (Lipinski definition) is 1. The first-order valence-corrected chi connectivity index (χ1v) is 15.5. The van der Waals surface area contributed by atoms with Gasteiger partial charge in [-0.15, -0.1) is 0 Å². The Hall–Kier alpha value is -3.87. The molecule has 5 aromatic rings. The lowest BCUT2D eigenvalue weighted by atomic mass is 9.91. The van der Waals surface area contributed by atoms with Crippen LogP contribution in [0.2, 0.25) is 5.02 Å². The molecule has 4 atom stereocenters. The fourth-order valence-electron chi connectivity index (χ4n) is 6.89. The summed E-state index contributed by atoms with van der Waals surface area (Å²) in [5.74, 6) is 1.29. The molecular weight excluding hydrogens is 558 g/mol. The quantitative estimate of drug-likeness (QED) is 0.208. The Labute approximate surface area is 257 Å². The number of fused-ring (bicyclic) bond motifs is 1.